The molecular formula is C15H22N4O2. The molecule has 114 valence electrons. The highest BCUT2D eigenvalue weighted by molar-refractivity contribution is 6.00. The fourth-order valence-corrected chi connectivity index (χ4v) is 2.31. The molecule has 21 heavy (non-hydrogen) atoms. The SMILES string of the molecule is CCCNc1ccncc1C(=O)N1CCCN(C)C(=O)C1. The summed E-state index contributed by atoms with van der Waals surface area (Å²) in [5.41, 5.74) is 1.31. The molecule has 1 aliphatic heterocycles. The summed E-state index contributed by atoms with van der Waals surface area (Å²) in [6.45, 7) is 4.29. The fraction of sp³-hybridized carbons (Fsp3) is 0.533. The van der Waals surface area contributed by atoms with Crippen LogP contribution in [0, 0.1) is 0 Å². The van der Waals surface area contributed by atoms with Crippen LogP contribution in [0.25, 0.3) is 0 Å². The average Bonchev–Trinajstić information content (AvgIpc) is 2.67. The first-order chi connectivity index (χ1) is 10.1. The van der Waals surface area contributed by atoms with E-state index in [9.17, 15) is 9.59 Å². The molecule has 0 aliphatic carbocycles. The number of hydrogen-bond donors (Lipinski definition) is 1. The minimum Gasteiger partial charge on any atom is -0.384 e. The topological polar surface area (TPSA) is 65.5 Å². The van der Waals surface area contributed by atoms with E-state index in [0.29, 0.717) is 18.7 Å². The van der Waals surface area contributed by atoms with Crippen molar-refractivity contribution in [2.75, 3.05) is 38.5 Å². The highest BCUT2D eigenvalue weighted by Crippen LogP contribution is 2.17. The van der Waals surface area contributed by atoms with Gasteiger partial charge in [0.05, 0.1) is 11.3 Å². The van der Waals surface area contributed by atoms with E-state index >= 15 is 0 Å². The lowest BCUT2D eigenvalue weighted by Gasteiger charge is -2.21. The Morgan fingerprint density at radius 2 is 2.24 bits per heavy atom. The van der Waals surface area contributed by atoms with Gasteiger partial charge in [-0.05, 0) is 18.9 Å². The molecule has 1 fully saturated rings. The molecular weight excluding hydrogens is 268 g/mol. The van der Waals surface area contributed by atoms with Gasteiger partial charge in [0.15, 0.2) is 0 Å². The number of anilines is 1. The van der Waals surface area contributed by atoms with Gasteiger partial charge in [0.25, 0.3) is 5.91 Å². The second-order valence-electron chi connectivity index (χ2n) is 5.24. The van der Waals surface area contributed by atoms with E-state index in [-0.39, 0.29) is 18.4 Å². The van der Waals surface area contributed by atoms with Crippen LogP contribution in [-0.2, 0) is 4.79 Å². The second-order valence-corrected chi connectivity index (χ2v) is 5.24. The quantitative estimate of drug-likeness (QED) is 0.905. The van der Waals surface area contributed by atoms with Crippen molar-refractivity contribution in [3.05, 3.63) is 24.0 Å². The predicted octanol–water partition coefficient (Wildman–Crippen LogP) is 1.21. The lowest BCUT2D eigenvalue weighted by molar-refractivity contribution is -0.129. The van der Waals surface area contributed by atoms with E-state index in [2.05, 4.69) is 17.2 Å². The van der Waals surface area contributed by atoms with E-state index in [0.717, 1.165) is 25.1 Å². The summed E-state index contributed by atoms with van der Waals surface area (Å²) in [6.07, 6.45) is 5.00. The molecule has 1 aromatic heterocycles. The van der Waals surface area contributed by atoms with Gasteiger partial charge in [-0.25, -0.2) is 0 Å². The van der Waals surface area contributed by atoms with Crippen LogP contribution in [0.1, 0.15) is 30.1 Å². The first-order valence-electron chi connectivity index (χ1n) is 7.34. The van der Waals surface area contributed by atoms with Crippen LogP contribution >= 0.6 is 0 Å². The Labute approximate surface area is 125 Å². The van der Waals surface area contributed by atoms with Gasteiger partial charge in [0.1, 0.15) is 6.54 Å². The predicted molar refractivity (Wildman–Crippen MR) is 81.2 cm³/mol. The van der Waals surface area contributed by atoms with Crippen LogP contribution in [0.15, 0.2) is 18.5 Å². The van der Waals surface area contributed by atoms with Crippen LogP contribution in [0.5, 0.6) is 0 Å². The standard InChI is InChI=1S/C15H22N4O2/c1-3-6-17-13-5-7-16-10-12(13)15(21)19-9-4-8-18(2)14(20)11-19/h5,7,10H,3-4,6,8-9,11H2,1-2H3,(H,16,17). The Morgan fingerprint density at radius 1 is 1.43 bits per heavy atom. The van der Waals surface area contributed by atoms with Gasteiger partial charge < -0.3 is 15.1 Å². The van der Waals surface area contributed by atoms with Gasteiger partial charge in [0.2, 0.25) is 5.91 Å². The Balaban J connectivity index is 2.17. The highest BCUT2D eigenvalue weighted by atomic mass is 16.2. The summed E-state index contributed by atoms with van der Waals surface area (Å²) in [6, 6.07) is 1.80. The Kier molecular flexibility index (Phi) is 5.14. The molecule has 6 nitrogen and oxygen atoms in total. The summed E-state index contributed by atoms with van der Waals surface area (Å²) in [4.78, 5) is 31.9. The van der Waals surface area contributed by atoms with Crippen molar-refractivity contribution < 1.29 is 9.59 Å². The van der Waals surface area contributed by atoms with Crippen LogP contribution < -0.4 is 5.32 Å². The van der Waals surface area contributed by atoms with Crippen molar-refractivity contribution in [2.45, 2.75) is 19.8 Å². The maximum absolute atomic E-state index is 12.7. The van der Waals surface area contributed by atoms with Crippen molar-refractivity contribution in [1.82, 2.24) is 14.8 Å². The van der Waals surface area contributed by atoms with Crippen molar-refractivity contribution >= 4 is 17.5 Å². The Bertz CT molecular complexity index is 518. The van der Waals surface area contributed by atoms with E-state index in [1.54, 1.807) is 35.3 Å². The molecule has 0 spiro atoms. The smallest absolute Gasteiger partial charge is 0.257 e. The largest absolute Gasteiger partial charge is 0.384 e. The molecule has 0 unspecified atom stereocenters. The number of carbonyl (C=O) groups is 2. The van der Waals surface area contributed by atoms with Crippen molar-refractivity contribution in [2.24, 2.45) is 0 Å². The average molecular weight is 290 g/mol. The number of amides is 2. The third-order valence-electron chi connectivity index (χ3n) is 3.58. The molecule has 6 heteroatoms. The number of nitrogens with zero attached hydrogens (tertiary/aromatic N) is 3. The monoisotopic (exact) mass is 290 g/mol. The first kappa shape index (κ1) is 15.3. The molecule has 1 saturated heterocycles. The van der Waals surface area contributed by atoms with Crippen LogP contribution in [0.2, 0.25) is 0 Å². The number of hydrogen-bond acceptors (Lipinski definition) is 4. The summed E-state index contributed by atoms with van der Waals surface area (Å²) in [5.74, 6) is -0.154. The molecule has 0 atom stereocenters. The molecule has 1 aromatic rings. The highest BCUT2D eigenvalue weighted by Gasteiger charge is 2.25. The number of carbonyl (C=O) groups excluding carboxylic acids is 2. The van der Waals surface area contributed by atoms with E-state index in [4.69, 9.17) is 0 Å². The molecule has 2 heterocycles. The lowest BCUT2D eigenvalue weighted by Crippen LogP contribution is -2.38. The zero-order valence-electron chi connectivity index (χ0n) is 12.6. The molecule has 1 N–H and O–H groups in total. The van der Waals surface area contributed by atoms with Crippen molar-refractivity contribution in [1.29, 1.82) is 0 Å². The molecule has 0 saturated carbocycles. The molecule has 0 bridgehead atoms. The van der Waals surface area contributed by atoms with Crippen LogP contribution in [0.4, 0.5) is 5.69 Å². The van der Waals surface area contributed by atoms with E-state index in [1.807, 2.05) is 0 Å². The Morgan fingerprint density at radius 3 is 3.00 bits per heavy atom. The third-order valence-corrected chi connectivity index (χ3v) is 3.58. The molecule has 0 radical (unpaired) electrons. The van der Waals surface area contributed by atoms with Gasteiger partial charge in [-0.1, -0.05) is 6.92 Å². The lowest BCUT2D eigenvalue weighted by atomic mass is 10.2. The van der Waals surface area contributed by atoms with Gasteiger partial charge in [0, 0.05) is 39.1 Å². The normalized spacial score (nSPS) is 15.8. The molecule has 1 aliphatic rings. The second kappa shape index (κ2) is 7.06. The maximum atomic E-state index is 12.7. The summed E-state index contributed by atoms with van der Waals surface area (Å²) in [5, 5.41) is 3.24. The third kappa shape index (κ3) is 3.71. The Hall–Kier alpha value is -2.11. The van der Waals surface area contributed by atoms with E-state index in [1.165, 1.54) is 0 Å². The minimum absolute atomic E-state index is 0.0205. The van der Waals surface area contributed by atoms with Crippen molar-refractivity contribution in [3.63, 3.8) is 0 Å². The van der Waals surface area contributed by atoms with Gasteiger partial charge >= 0.3 is 0 Å². The van der Waals surface area contributed by atoms with E-state index < -0.39 is 0 Å². The van der Waals surface area contributed by atoms with Crippen LogP contribution in [0.3, 0.4) is 0 Å². The molecule has 2 rings (SSSR count). The summed E-state index contributed by atoms with van der Waals surface area (Å²) in [7, 11) is 1.77. The molecule has 2 amide bonds. The zero-order valence-corrected chi connectivity index (χ0v) is 12.6. The maximum Gasteiger partial charge on any atom is 0.257 e. The minimum atomic E-state index is -0.134. The van der Waals surface area contributed by atoms with Crippen molar-refractivity contribution in [3.8, 4) is 0 Å². The number of likely N-dealkylation sites (N-methyl/N-ethyl adjacent to an activating group) is 1. The van der Waals surface area contributed by atoms with Gasteiger partial charge in [-0.3, -0.25) is 14.6 Å². The number of pyridine rings is 1. The summed E-state index contributed by atoms with van der Waals surface area (Å²) < 4.78 is 0. The first-order valence-corrected chi connectivity index (χ1v) is 7.34. The molecule has 0 aromatic carbocycles. The number of nitrogens with one attached hydrogen (secondary N) is 1. The zero-order chi connectivity index (χ0) is 15.2. The summed E-state index contributed by atoms with van der Waals surface area (Å²) >= 11 is 0. The van der Waals surface area contributed by atoms with Gasteiger partial charge in [-0.2, -0.15) is 0 Å². The number of rotatable bonds is 4. The number of aromatic nitrogens is 1. The van der Waals surface area contributed by atoms with Gasteiger partial charge in [-0.15, -0.1) is 0 Å². The van der Waals surface area contributed by atoms with Crippen LogP contribution in [-0.4, -0.2) is 59.8 Å². The fourth-order valence-electron chi connectivity index (χ4n) is 2.31.